The lowest BCUT2D eigenvalue weighted by molar-refractivity contribution is 0.126. The normalized spacial score (nSPS) is 17.2. The number of nitrogens with zero attached hydrogens (tertiary/aromatic N) is 3. The van der Waals surface area contributed by atoms with Crippen LogP contribution in [0.25, 0.3) is 11.4 Å². The Morgan fingerprint density at radius 3 is 2.48 bits per heavy atom. The van der Waals surface area contributed by atoms with Gasteiger partial charge in [-0.15, -0.1) is 0 Å². The molecule has 0 aliphatic carbocycles. The molecule has 0 amide bonds. The summed E-state index contributed by atoms with van der Waals surface area (Å²) in [7, 11) is 0. The van der Waals surface area contributed by atoms with Gasteiger partial charge in [0.05, 0.1) is 0 Å². The average molecular weight is 284 g/mol. The summed E-state index contributed by atoms with van der Waals surface area (Å²) in [6.07, 6.45) is 3.22. The Balaban J connectivity index is 1.56. The van der Waals surface area contributed by atoms with E-state index < -0.39 is 0 Å². The van der Waals surface area contributed by atoms with Crippen LogP contribution < -0.4 is 0 Å². The summed E-state index contributed by atoms with van der Waals surface area (Å²) < 4.78 is 0. The average Bonchev–Trinajstić information content (AvgIpc) is 2.99. The third-order valence-corrected chi connectivity index (χ3v) is 4.07. The lowest BCUT2D eigenvalue weighted by Crippen LogP contribution is -2.46. The minimum absolute atomic E-state index is 0.968. The number of aromatic amines is 1. The van der Waals surface area contributed by atoms with Crippen LogP contribution in [0.2, 0.25) is 0 Å². The van der Waals surface area contributed by atoms with Crippen molar-refractivity contribution in [1.29, 1.82) is 0 Å². The Kier molecular flexibility index (Phi) is 4.68. The van der Waals surface area contributed by atoms with Crippen molar-refractivity contribution in [2.45, 2.75) is 19.9 Å². The third kappa shape index (κ3) is 3.71. The van der Waals surface area contributed by atoms with Gasteiger partial charge >= 0.3 is 0 Å². The Morgan fingerprint density at radius 1 is 1.05 bits per heavy atom. The quantitative estimate of drug-likeness (QED) is 0.916. The summed E-state index contributed by atoms with van der Waals surface area (Å²) >= 11 is 0. The van der Waals surface area contributed by atoms with Crippen molar-refractivity contribution >= 4 is 0 Å². The molecular weight excluding hydrogens is 260 g/mol. The van der Waals surface area contributed by atoms with Crippen LogP contribution in [0.1, 0.15) is 19.0 Å². The molecule has 0 saturated carbocycles. The SMILES string of the molecule is CCCN1CCN(Cc2cnc(-c3ccccc3)[nH]2)CC1. The van der Waals surface area contributed by atoms with E-state index in [0.717, 1.165) is 31.0 Å². The molecule has 1 fully saturated rings. The van der Waals surface area contributed by atoms with Crippen molar-refractivity contribution in [2.75, 3.05) is 32.7 Å². The van der Waals surface area contributed by atoms with Gasteiger partial charge in [-0.1, -0.05) is 37.3 Å². The van der Waals surface area contributed by atoms with Crippen LogP contribution in [-0.2, 0) is 6.54 Å². The second kappa shape index (κ2) is 6.87. The topological polar surface area (TPSA) is 35.2 Å². The maximum absolute atomic E-state index is 4.50. The van der Waals surface area contributed by atoms with E-state index in [2.05, 4.69) is 38.8 Å². The first-order chi connectivity index (χ1) is 10.3. The standard InChI is InChI=1S/C17H24N4/c1-2-8-20-9-11-21(12-10-20)14-16-13-18-17(19-16)15-6-4-3-5-7-15/h3-7,13H,2,8-12,14H2,1H3,(H,18,19). The minimum Gasteiger partial charge on any atom is -0.341 e. The van der Waals surface area contributed by atoms with Crippen LogP contribution in [0.15, 0.2) is 36.5 Å². The maximum atomic E-state index is 4.50. The summed E-state index contributed by atoms with van der Waals surface area (Å²) in [5.41, 5.74) is 2.36. The zero-order valence-corrected chi connectivity index (χ0v) is 12.8. The molecule has 2 aromatic rings. The lowest BCUT2D eigenvalue weighted by Gasteiger charge is -2.34. The molecule has 0 spiro atoms. The number of hydrogen-bond acceptors (Lipinski definition) is 3. The zero-order chi connectivity index (χ0) is 14.5. The smallest absolute Gasteiger partial charge is 0.137 e. The van der Waals surface area contributed by atoms with Crippen LogP contribution in [0, 0.1) is 0 Å². The Labute approximate surface area is 126 Å². The molecule has 1 aliphatic heterocycles. The number of imidazole rings is 1. The molecule has 4 nitrogen and oxygen atoms in total. The molecule has 4 heteroatoms. The molecule has 0 unspecified atom stereocenters. The van der Waals surface area contributed by atoms with Crippen LogP contribution >= 0.6 is 0 Å². The summed E-state index contributed by atoms with van der Waals surface area (Å²) in [6.45, 7) is 9.14. The lowest BCUT2D eigenvalue weighted by atomic mass is 10.2. The van der Waals surface area contributed by atoms with Crippen LogP contribution in [0.5, 0.6) is 0 Å². The van der Waals surface area contributed by atoms with Gasteiger partial charge in [0, 0.05) is 50.2 Å². The van der Waals surface area contributed by atoms with E-state index in [4.69, 9.17) is 0 Å². The summed E-state index contributed by atoms with van der Waals surface area (Å²) in [4.78, 5) is 13.0. The minimum atomic E-state index is 0.968. The van der Waals surface area contributed by atoms with E-state index in [0.29, 0.717) is 0 Å². The van der Waals surface area contributed by atoms with Crippen molar-refractivity contribution < 1.29 is 0 Å². The molecule has 0 atom stereocenters. The Morgan fingerprint density at radius 2 is 1.76 bits per heavy atom. The zero-order valence-electron chi connectivity index (χ0n) is 12.8. The predicted octanol–water partition coefficient (Wildman–Crippen LogP) is 2.60. The highest BCUT2D eigenvalue weighted by Crippen LogP contribution is 2.16. The molecule has 2 heterocycles. The number of nitrogens with one attached hydrogen (secondary N) is 1. The van der Waals surface area contributed by atoms with Crippen LogP contribution in [-0.4, -0.2) is 52.5 Å². The van der Waals surface area contributed by atoms with Gasteiger partial charge in [0.1, 0.15) is 5.82 Å². The molecule has 1 aromatic heterocycles. The highest BCUT2D eigenvalue weighted by molar-refractivity contribution is 5.54. The Hall–Kier alpha value is -1.65. The van der Waals surface area contributed by atoms with Gasteiger partial charge in [0.2, 0.25) is 0 Å². The van der Waals surface area contributed by atoms with E-state index >= 15 is 0 Å². The van der Waals surface area contributed by atoms with Crippen molar-refractivity contribution in [3.05, 3.63) is 42.2 Å². The second-order valence-corrected chi connectivity index (χ2v) is 5.74. The first-order valence-electron chi connectivity index (χ1n) is 7.89. The second-order valence-electron chi connectivity index (χ2n) is 5.74. The van der Waals surface area contributed by atoms with E-state index in [1.54, 1.807) is 0 Å². The van der Waals surface area contributed by atoms with Crippen molar-refractivity contribution in [3.8, 4) is 11.4 Å². The van der Waals surface area contributed by atoms with E-state index in [1.165, 1.54) is 31.7 Å². The van der Waals surface area contributed by atoms with Crippen LogP contribution in [0.3, 0.4) is 0 Å². The first kappa shape index (κ1) is 14.3. The summed E-state index contributed by atoms with van der Waals surface area (Å²) in [5, 5.41) is 0. The van der Waals surface area contributed by atoms with Gasteiger partial charge in [0.15, 0.2) is 0 Å². The van der Waals surface area contributed by atoms with Crippen LogP contribution in [0.4, 0.5) is 0 Å². The fraction of sp³-hybridized carbons (Fsp3) is 0.471. The number of aromatic nitrogens is 2. The molecular formula is C17H24N4. The maximum Gasteiger partial charge on any atom is 0.137 e. The molecule has 1 saturated heterocycles. The molecule has 0 radical (unpaired) electrons. The fourth-order valence-corrected chi connectivity index (χ4v) is 2.91. The number of benzene rings is 1. The number of H-pyrrole nitrogens is 1. The molecule has 0 bridgehead atoms. The monoisotopic (exact) mass is 284 g/mol. The van der Waals surface area contributed by atoms with E-state index in [-0.39, 0.29) is 0 Å². The molecule has 1 aromatic carbocycles. The first-order valence-corrected chi connectivity index (χ1v) is 7.89. The summed E-state index contributed by atoms with van der Waals surface area (Å²) in [5.74, 6) is 0.968. The van der Waals surface area contributed by atoms with Gasteiger partial charge in [-0.2, -0.15) is 0 Å². The van der Waals surface area contributed by atoms with E-state index in [1.807, 2.05) is 24.4 Å². The molecule has 21 heavy (non-hydrogen) atoms. The predicted molar refractivity (Wildman–Crippen MR) is 86.0 cm³/mol. The molecule has 3 rings (SSSR count). The number of rotatable bonds is 5. The van der Waals surface area contributed by atoms with Crippen molar-refractivity contribution in [3.63, 3.8) is 0 Å². The van der Waals surface area contributed by atoms with Crippen molar-refractivity contribution in [2.24, 2.45) is 0 Å². The fourth-order valence-electron chi connectivity index (χ4n) is 2.91. The van der Waals surface area contributed by atoms with Gasteiger partial charge in [-0.05, 0) is 13.0 Å². The Bertz CT molecular complexity index is 541. The largest absolute Gasteiger partial charge is 0.341 e. The van der Waals surface area contributed by atoms with Gasteiger partial charge in [-0.25, -0.2) is 4.98 Å². The molecule has 112 valence electrons. The third-order valence-electron chi connectivity index (χ3n) is 4.07. The highest BCUT2D eigenvalue weighted by atomic mass is 15.3. The number of hydrogen-bond donors (Lipinski definition) is 1. The van der Waals surface area contributed by atoms with Gasteiger partial charge in [0.25, 0.3) is 0 Å². The molecule has 1 N–H and O–H groups in total. The van der Waals surface area contributed by atoms with Gasteiger partial charge < -0.3 is 9.88 Å². The molecule has 1 aliphatic rings. The van der Waals surface area contributed by atoms with E-state index in [9.17, 15) is 0 Å². The highest BCUT2D eigenvalue weighted by Gasteiger charge is 2.16. The summed E-state index contributed by atoms with van der Waals surface area (Å²) in [6, 6.07) is 10.3. The number of piperazine rings is 1. The van der Waals surface area contributed by atoms with Crippen molar-refractivity contribution in [1.82, 2.24) is 19.8 Å². The van der Waals surface area contributed by atoms with Gasteiger partial charge in [-0.3, -0.25) is 4.90 Å².